The fourth-order valence-electron chi connectivity index (χ4n) is 3.53. The minimum Gasteiger partial charge on any atom is -0.348 e. The van der Waals surface area contributed by atoms with Crippen LogP contribution in [-0.4, -0.2) is 36.5 Å². The van der Waals surface area contributed by atoms with Crippen LogP contribution < -0.4 is 5.32 Å². The van der Waals surface area contributed by atoms with E-state index >= 15 is 0 Å². The second kappa shape index (κ2) is 7.64. The SMILES string of the molecule is Cn1nc(C(F)(F)F)cc1C(=O)N[C@H]1CCn2nc(-c3ccnc(C(F)(F)F)c3)cc2C1. The van der Waals surface area contributed by atoms with Gasteiger partial charge < -0.3 is 5.32 Å². The summed E-state index contributed by atoms with van der Waals surface area (Å²) in [6.07, 6.45) is -7.41. The summed E-state index contributed by atoms with van der Waals surface area (Å²) in [4.78, 5) is 15.8. The largest absolute Gasteiger partial charge is 0.435 e. The van der Waals surface area contributed by atoms with E-state index in [1.165, 1.54) is 13.1 Å². The number of halogens is 6. The number of amides is 1. The first kappa shape index (κ1) is 21.8. The van der Waals surface area contributed by atoms with Gasteiger partial charge in [-0.05, 0) is 24.6 Å². The van der Waals surface area contributed by atoms with E-state index in [0.717, 1.165) is 16.9 Å². The number of hydrogen-bond acceptors (Lipinski definition) is 4. The van der Waals surface area contributed by atoms with Gasteiger partial charge in [0, 0.05) is 49.6 Å². The molecule has 1 aliphatic rings. The summed E-state index contributed by atoms with van der Waals surface area (Å²) in [6, 6.07) is 4.26. The lowest BCUT2D eigenvalue weighted by Crippen LogP contribution is -2.40. The molecule has 1 amide bonds. The number of rotatable bonds is 3. The number of aryl methyl sites for hydroxylation is 2. The van der Waals surface area contributed by atoms with Gasteiger partial charge >= 0.3 is 12.4 Å². The first-order valence-electron chi connectivity index (χ1n) is 9.44. The van der Waals surface area contributed by atoms with Crippen LogP contribution >= 0.6 is 0 Å². The summed E-state index contributed by atoms with van der Waals surface area (Å²) in [5.74, 6) is -0.697. The molecule has 0 radical (unpaired) electrons. The zero-order valence-electron chi connectivity index (χ0n) is 16.5. The summed E-state index contributed by atoms with van der Waals surface area (Å²) in [5, 5.41) is 10.3. The smallest absolute Gasteiger partial charge is 0.348 e. The molecule has 1 atom stereocenters. The van der Waals surface area contributed by atoms with Gasteiger partial charge in [0.15, 0.2) is 5.69 Å². The van der Waals surface area contributed by atoms with Crippen molar-refractivity contribution in [3.8, 4) is 11.3 Å². The zero-order valence-corrected chi connectivity index (χ0v) is 16.5. The highest BCUT2D eigenvalue weighted by molar-refractivity contribution is 5.92. The summed E-state index contributed by atoms with van der Waals surface area (Å²) in [6.45, 7) is 0.386. The number of carbonyl (C=O) groups excluding carboxylic acids is 1. The van der Waals surface area contributed by atoms with Crippen molar-refractivity contribution in [3.63, 3.8) is 0 Å². The molecule has 1 N–H and O–H groups in total. The minimum absolute atomic E-state index is 0.228. The fraction of sp³-hybridized carbons (Fsp3) is 0.368. The topological polar surface area (TPSA) is 77.6 Å². The number of alkyl halides is 6. The summed E-state index contributed by atoms with van der Waals surface area (Å²) < 4.78 is 79.7. The predicted octanol–water partition coefficient (Wildman–Crippen LogP) is 3.46. The van der Waals surface area contributed by atoms with Gasteiger partial charge in [0.25, 0.3) is 5.91 Å². The number of hydrogen-bond donors (Lipinski definition) is 1. The lowest BCUT2D eigenvalue weighted by Gasteiger charge is -2.24. The predicted molar refractivity (Wildman–Crippen MR) is 98.2 cm³/mol. The van der Waals surface area contributed by atoms with Crippen molar-refractivity contribution in [1.82, 2.24) is 29.9 Å². The van der Waals surface area contributed by atoms with Crippen LogP contribution in [0.2, 0.25) is 0 Å². The molecule has 7 nitrogen and oxygen atoms in total. The van der Waals surface area contributed by atoms with Gasteiger partial charge in [-0.2, -0.15) is 36.5 Å². The Morgan fingerprint density at radius 3 is 2.44 bits per heavy atom. The van der Waals surface area contributed by atoms with Crippen molar-refractivity contribution < 1.29 is 31.1 Å². The van der Waals surface area contributed by atoms with E-state index in [1.807, 2.05) is 0 Å². The van der Waals surface area contributed by atoms with Gasteiger partial charge in [0.1, 0.15) is 11.4 Å². The van der Waals surface area contributed by atoms with E-state index in [9.17, 15) is 31.1 Å². The van der Waals surface area contributed by atoms with Crippen molar-refractivity contribution in [2.45, 2.75) is 37.8 Å². The van der Waals surface area contributed by atoms with E-state index in [0.29, 0.717) is 36.8 Å². The molecule has 0 saturated heterocycles. The maximum absolute atomic E-state index is 12.9. The Hall–Kier alpha value is -3.38. The van der Waals surface area contributed by atoms with Crippen molar-refractivity contribution in [1.29, 1.82) is 0 Å². The average molecular weight is 458 g/mol. The number of carbonyl (C=O) groups is 1. The van der Waals surface area contributed by atoms with E-state index in [4.69, 9.17) is 0 Å². The molecule has 170 valence electrons. The minimum atomic E-state index is -4.66. The number of pyridine rings is 1. The van der Waals surface area contributed by atoms with Crippen LogP contribution in [0.15, 0.2) is 30.5 Å². The Labute approximate surface area is 177 Å². The molecule has 0 aromatic carbocycles. The Morgan fingerprint density at radius 2 is 1.78 bits per heavy atom. The molecule has 4 rings (SSSR count). The summed E-state index contributed by atoms with van der Waals surface area (Å²) in [5.41, 5.74) is -1.14. The van der Waals surface area contributed by atoms with Crippen LogP contribution in [0.25, 0.3) is 11.3 Å². The first-order chi connectivity index (χ1) is 14.9. The van der Waals surface area contributed by atoms with E-state index < -0.39 is 29.6 Å². The molecule has 0 fully saturated rings. The van der Waals surface area contributed by atoms with Crippen LogP contribution in [0.3, 0.4) is 0 Å². The Bertz CT molecular complexity index is 1160. The van der Waals surface area contributed by atoms with Crippen LogP contribution in [0, 0.1) is 0 Å². The molecule has 0 unspecified atom stereocenters. The molecule has 3 aromatic heterocycles. The molecule has 3 aromatic rings. The van der Waals surface area contributed by atoms with Gasteiger partial charge in [-0.25, -0.2) is 0 Å². The lowest BCUT2D eigenvalue weighted by molar-refractivity contribution is -0.142. The first-order valence-corrected chi connectivity index (χ1v) is 9.44. The van der Waals surface area contributed by atoms with Gasteiger partial charge in [0.2, 0.25) is 0 Å². The highest BCUT2D eigenvalue weighted by Gasteiger charge is 2.36. The number of aromatic nitrogens is 5. The maximum Gasteiger partial charge on any atom is 0.435 e. The molecule has 0 spiro atoms. The summed E-state index contributed by atoms with van der Waals surface area (Å²) in [7, 11) is 1.25. The van der Waals surface area contributed by atoms with Crippen LogP contribution in [-0.2, 0) is 32.4 Å². The highest BCUT2D eigenvalue weighted by Crippen LogP contribution is 2.31. The standard InChI is InChI=1S/C19H16F6N6O/c1-30-14(9-16(29-30)19(23,24)25)17(32)27-11-3-5-31-12(7-11)8-13(28-31)10-2-4-26-15(6-10)18(20,21)22/h2,4,6,8-9,11H,3,5,7H2,1H3,(H,27,32)/t11-/m0/s1. The third kappa shape index (κ3) is 4.32. The molecular weight excluding hydrogens is 442 g/mol. The molecule has 1 aliphatic heterocycles. The van der Waals surface area contributed by atoms with Crippen molar-refractivity contribution in [2.75, 3.05) is 0 Å². The Balaban J connectivity index is 1.49. The second-order valence-electron chi connectivity index (χ2n) is 7.37. The van der Waals surface area contributed by atoms with Crippen LogP contribution in [0.4, 0.5) is 26.3 Å². The average Bonchev–Trinajstić information content (AvgIpc) is 3.30. The number of nitrogens with one attached hydrogen (secondary N) is 1. The second-order valence-corrected chi connectivity index (χ2v) is 7.37. The van der Waals surface area contributed by atoms with Crippen molar-refractivity contribution >= 4 is 5.91 Å². The molecular formula is C19H16F6N6O. The third-order valence-corrected chi connectivity index (χ3v) is 5.09. The van der Waals surface area contributed by atoms with Gasteiger partial charge in [-0.1, -0.05) is 0 Å². The lowest BCUT2D eigenvalue weighted by atomic mass is 10.0. The van der Waals surface area contributed by atoms with Crippen LogP contribution in [0.5, 0.6) is 0 Å². The fourth-order valence-corrected chi connectivity index (χ4v) is 3.53. The van der Waals surface area contributed by atoms with E-state index in [2.05, 4.69) is 20.5 Å². The molecule has 4 heterocycles. The maximum atomic E-state index is 12.9. The third-order valence-electron chi connectivity index (χ3n) is 5.09. The normalized spacial score (nSPS) is 16.7. The Kier molecular flexibility index (Phi) is 5.21. The van der Waals surface area contributed by atoms with Gasteiger partial charge in [-0.15, -0.1) is 0 Å². The van der Waals surface area contributed by atoms with Crippen molar-refractivity contribution in [2.24, 2.45) is 7.05 Å². The monoisotopic (exact) mass is 458 g/mol. The van der Waals surface area contributed by atoms with Gasteiger partial charge in [-0.3, -0.25) is 19.1 Å². The molecule has 0 bridgehead atoms. The van der Waals surface area contributed by atoms with E-state index in [1.54, 1.807) is 10.7 Å². The molecule has 13 heteroatoms. The zero-order chi connectivity index (χ0) is 23.3. The quantitative estimate of drug-likeness (QED) is 0.610. The molecule has 0 saturated carbocycles. The Morgan fingerprint density at radius 1 is 1.06 bits per heavy atom. The molecule has 32 heavy (non-hydrogen) atoms. The van der Waals surface area contributed by atoms with Crippen molar-refractivity contribution in [3.05, 3.63) is 53.2 Å². The highest BCUT2D eigenvalue weighted by atomic mass is 19.4. The number of fused-ring (bicyclic) bond motifs is 1. The molecule has 0 aliphatic carbocycles. The summed E-state index contributed by atoms with van der Waals surface area (Å²) >= 11 is 0. The number of nitrogens with zero attached hydrogens (tertiary/aromatic N) is 5. The van der Waals surface area contributed by atoms with E-state index in [-0.39, 0.29) is 17.3 Å². The van der Waals surface area contributed by atoms with Gasteiger partial charge in [0.05, 0.1) is 5.69 Å². The van der Waals surface area contributed by atoms with Crippen LogP contribution in [0.1, 0.15) is 34.0 Å².